The molecule has 3 aromatic rings. The van der Waals surface area contributed by atoms with E-state index in [1.807, 2.05) is 26.0 Å². The van der Waals surface area contributed by atoms with Crippen LogP contribution < -0.4 is 4.74 Å². The van der Waals surface area contributed by atoms with E-state index in [1.54, 1.807) is 19.4 Å². The van der Waals surface area contributed by atoms with Crippen molar-refractivity contribution in [2.75, 3.05) is 7.11 Å². The Kier molecular flexibility index (Phi) is 4.28. The number of benzene rings is 1. The fourth-order valence-corrected chi connectivity index (χ4v) is 3.57. The van der Waals surface area contributed by atoms with Crippen molar-refractivity contribution in [1.29, 1.82) is 0 Å². The van der Waals surface area contributed by atoms with Crippen LogP contribution in [0.4, 0.5) is 0 Å². The fraction of sp³-hybridized carbons (Fsp3) is 0.294. The SMILES string of the molecule is COc1ccnc(C[S+]([O-])c2nc3cc(C)c(C)cc3[nH]2)c1C. The minimum absolute atomic E-state index is 0.306. The molecule has 0 saturated carbocycles. The number of aromatic amines is 1. The lowest BCUT2D eigenvalue weighted by molar-refractivity contribution is 0.410. The lowest BCUT2D eigenvalue weighted by Crippen LogP contribution is -2.10. The first-order chi connectivity index (χ1) is 11.0. The zero-order valence-electron chi connectivity index (χ0n) is 13.6. The second-order valence-electron chi connectivity index (χ2n) is 5.57. The Balaban J connectivity index is 1.90. The molecule has 0 radical (unpaired) electrons. The highest BCUT2D eigenvalue weighted by Gasteiger charge is 2.20. The maximum atomic E-state index is 12.6. The number of aryl methyl sites for hydroxylation is 2. The van der Waals surface area contributed by atoms with Gasteiger partial charge in [-0.05, 0) is 50.1 Å². The second-order valence-corrected chi connectivity index (χ2v) is 6.94. The predicted molar refractivity (Wildman–Crippen MR) is 91.2 cm³/mol. The molecule has 1 unspecified atom stereocenters. The first-order valence-corrected chi connectivity index (χ1v) is 8.65. The maximum absolute atomic E-state index is 12.6. The van der Waals surface area contributed by atoms with Gasteiger partial charge in [0.15, 0.2) is 5.75 Å². The number of nitrogens with one attached hydrogen (secondary N) is 1. The summed E-state index contributed by atoms with van der Waals surface area (Å²) >= 11 is -1.29. The van der Waals surface area contributed by atoms with Gasteiger partial charge in [-0.1, -0.05) is 0 Å². The molecule has 0 aliphatic carbocycles. The number of nitrogens with zero attached hydrogens (tertiary/aromatic N) is 2. The van der Waals surface area contributed by atoms with Gasteiger partial charge in [0.25, 0.3) is 0 Å². The number of ether oxygens (including phenoxy) is 1. The summed E-state index contributed by atoms with van der Waals surface area (Å²) in [5.74, 6) is 1.06. The summed E-state index contributed by atoms with van der Waals surface area (Å²) in [6, 6.07) is 5.85. The first kappa shape index (κ1) is 15.8. The van der Waals surface area contributed by atoms with E-state index in [9.17, 15) is 4.55 Å². The zero-order valence-corrected chi connectivity index (χ0v) is 14.5. The third-order valence-corrected chi connectivity index (χ3v) is 5.20. The fourth-order valence-electron chi connectivity index (χ4n) is 2.47. The molecule has 0 amide bonds. The number of imidazole rings is 1. The monoisotopic (exact) mass is 329 g/mol. The smallest absolute Gasteiger partial charge is 0.322 e. The normalized spacial score (nSPS) is 12.6. The van der Waals surface area contributed by atoms with Crippen LogP contribution in [0.3, 0.4) is 0 Å². The summed E-state index contributed by atoms with van der Waals surface area (Å²) in [4.78, 5) is 11.9. The number of H-pyrrole nitrogens is 1. The number of rotatable bonds is 4. The minimum atomic E-state index is -1.29. The number of hydrogen-bond donors (Lipinski definition) is 1. The predicted octanol–water partition coefficient (Wildman–Crippen LogP) is 3.20. The van der Waals surface area contributed by atoms with Crippen LogP contribution in [-0.4, -0.2) is 26.6 Å². The molecule has 0 fully saturated rings. The molecule has 0 aliphatic rings. The number of pyridine rings is 1. The van der Waals surface area contributed by atoms with Crippen molar-refractivity contribution in [3.8, 4) is 5.75 Å². The molecular formula is C17H19N3O2S. The van der Waals surface area contributed by atoms with E-state index in [1.165, 1.54) is 11.1 Å². The highest BCUT2D eigenvalue weighted by molar-refractivity contribution is 7.90. The summed E-state index contributed by atoms with van der Waals surface area (Å²) in [6.07, 6.45) is 1.67. The van der Waals surface area contributed by atoms with Crippen LogP contribution in [0.25, 0.3) is 11.0 Å². The van der Waals surface area contributed by atoms with E-state index in [0.29, 0.717) is 10.9 Å². The van der Waals surface area contributed by atoms with Crippen molar-refractivity contribution in [2.24, 2.45) is 0 Å². The molecule has 3 rings (SSSR count). The van der Waals surface area contributed by atoms with Crippen LogP contribution in [0.2, 0.25) is 0 Å². The van der Waals surface area contributed by atoms with Crippen molar-refractivity contribution in [1.82, 2.24) is 15.0 Å². The summed E-state index contributed by atoms with van der Waals surface area (Å²) < 4.78 is 17.9. The van der Waals surface area contributed by atoms with E-state index in [-0.39, 0.29) is 0 Å². The van der Waals surface area contributed by atoms with Gasteiger partial charge in [-0.3, -0.25) is 9.97 Å². The van der Waals surface area contributed by atoms with E-state index in [2.05, 4.69) is 21.9 Å². The molecule has 5 nitrogen and oxygen atoms in total. The Morgan fingerprint density at radius 1 is 1.22 bits per heavy atom. The molecule has 120 valence electrons. The molecule has 6 heteroatoms. The molecule has 0 bridgehead atoms. The van der Waals surface area contributed by atoms with Gasteiger partial charge >= 0.3 is 5.16 Å². The van der Waals surface area contributed by atoms with Crippen molar-refractivity contribution in [3.05, 3.63) is 46.8 Å². The van der Waals surface area contributed by atoms with Gasteiger partial charge in [0.1, 0.15) is 5.75 Å². The zero-order chi connectivity index (χ0) is 16.6. The van der Waals surface area contributed by atoms with Gasteiger partial charge in [0.2, 0.25) is 0 Å². The minimum Gasteiger partial charge on any atom is -0.609 e. The highest BCUT2D eigenvalue weighted by Crippen LogP contribution is 2.24. The molecule has 0 saturated heterocycles. The molecule has 1 atom stereocenters. The molecule has 23 heavy (non-hydrogen) atoms. The van der Waals surface area contributed by atoms with Gasteiger partial charge in [-0.2, -0.15) is 4.98 Å². The number of methoxy groups -OCH3 is 1. The Hall–Kier alpha value is -2.05. The number of hydrogen-bond acceptors (Lipinski definition) is 4. The average Bonchev–Trinajstić information content (AvgIpc) is 2.92. The van der Waals surface area contributed by atoms with Gasteiger partial charge in [0, 0.05) is 22.9 Å². The second kappa shape index (κ2) is 6.22. The lowest BCUT2D eigenvalue weighted by Gasteiger charge is -2.10. The largest absolute Gasteiger partial charge is 0.609 e. The number of fused-ring (bicyclic) bond motifs is 1. The Labute approximate surface area is 138 Å². The molecule has 2 aromatic heterocycles. The van der Waals surface area contributed by atoms with Crippen LogP contribution in [-0.2, 0) is 16.9 Å². The van der Waals surface area contributed by atoms with Crippen molar-refractivity contribution >= 4 is 22.2 Å². The summed E-state index contributed by atoms with van der Waals surface area (Å²) in [5, 5.41) is 0.481. The topological polar surface area (TPSA) is 73.9 Å². The quantitative estimate of drug-likeness (QED) is 0.746. The van der Waals surface area contributed by atoms with E-state index >= 15 is 0 Å². The van der Waals surface area contributed by atoms with Gasteiger partial charge in [0.05, 0.1) is 23.8 Å². The molecule has 1 N–H and O–H groups in total. The van der Waals surface area contributed by atoms with Gasteiger partial charge in [-0.25, -0.2) is 0 Å². The molecule has 0 aliphatic heterocycles. The Morgan fingerprint density at radius 2 is 1.96 bits per heavy atom. The van der Waals surface area contributed by atoms with Gasteiger partial charge in [-0.15, -0.1) is 0 Å². The van der Waals surface area contributed by atoms with Crippen LogP contribution in [0.1, 0.15) is 22.4 Å². The Bertz CT molecular complexity index is 821. The first-order valence-electron chi connectivity index (χ1n) is 7.33. The lowest BCUT2D eigenvalue weighted by atomic mass is 10.1. The van der Waals surface area contributed by atoms with Crippen molar-refractivity contribution in [2.45, 2.75) is 31.7 Å². The van der Waals surface area contributed by atoms with Crippen LogP contribution in [0.5, 0.6) is 5.75 Å². The third-order valence-electron chi connectivity index (χ3n) is 4.04. The highest BCUT2D eigenvalue weighted by atomic mass is 32.2. The van der Waals surface area contributed by atoms with E-state index in [0.717, 1.165) is 28.0 Å². The summed E-state index contributed by atoms with van der Waals surface area (Å²) in [5.41, 5.74) is 5.77. The van der Waals surface area contributed by atoms with Crippen molar-refractivity contribution in [3.63, 3.8) is 0 Å². The maximum Gasteiger partial charge on any atom is 0.322 e. The van der Waals surface area contributed by atoms with Crippen LogP contribution in [0, 0.1) is 20.8 Å². The molecule has 0 spiro atoms. The number of aromatic nitrogens is 3. The van der Waals surface area contributed by atoms with Gasteiger partial charge < -0.3 is 9.29 Å². The third kappa shape index (κ3) is 3.04. The van der Waals surface area contributed by atoms with Crippen molar-refractivity contribution < 1.29 is 9.29 Å². The van der Waals surface area contributed by atoms with Crippen LogP contribution >= 0.6 is 0 Å². The summed E-state index contributed by atoms with van der Waals surface area (Å²) in [7, 11) is 1.62. The Morgan fingerprint density at radius 3 is 2.70 bits per heavy atom. The average molecular weight is 329 g/mol. The molecule has 2 heterocycles. The molecular weight excluding hydrogens is 310 g/mol. The molecule has 1 aromatic carbocycles. The standard InChI is InChI=1S/C17H19N3O2S/c1-10-7-13-14(8-11(10)2)20-17(19-13)23(21)9-15-12(3)16(22-4)5-6-18-15/h5-8H,9H2,1-4H3,(H,19,20). The van der Waals surface area contributed by atoms with E-state index in [4.69, 9.17) is 4.74 Å². The van der Waals surface area contributed by atoms with Crippen LogP contribution in [0.15, 0.2) is 29.6 Å². The summed E-state index contributed by atoms with van der Waals surface area (Å²) in [6.45, 7) is 6.02. The van der Waals surface area contributed by atoms with E-state index < -0.39 is 11.2 Å².